The summed E-state index contributed by atoms with van der Waals surface area (Å²) in [5.74, 6) is 0.580. The highest BCUT2D eigenvalue weighted by Crippen LogP contribution is 2.34. The summed E-state index contributed by atoms with van der Waals surface area (Å²) in [5.41, 5.74) is 1.69. The third-order valence-corrected chi connectivity index (χ3v) is 4.65. The van der Waals surface area contributed by atoms with Crippen molar-refractivity contribution in [3.05, 3.63) is 82.9 Å². The van der Waals surface area contributed by atoms with Crippen LogP contribution in [-0.4, -0.2) is 20.6 Å². The number of carbonyl (C=O) groups excluding carboxylic acids is 1. The van der Waals surface area contributed by atoms with Gasteiger partial charge in [-0.25, -0.2) is 4.98 Å². The number of nitrogens with one attached hydrogen (secondary N) is 1. The van der Waals surface area contributed by atoms with E-state index in [1.165, 1.54) is 0 Å². The highest BCUT2D eigenvalue weighted by atomic mass is 35.5. The molecule has 1 amide bonds. The number of phenols is 1. The summed E-state index contributed by atoms with van der Waals surface area (Å²) in [6.07, 6.45) is 3.75. The maximum atomic E-state index is 12.5. The molecule has 2 aromatic carbocycles. The van der Waals surface area contributed by atoms with Crippen molar-refractivity contribution in [3.63, 3.8) is 0 Å². The molecule has 0 aliphatic rings. The van der Waals surface area contributed by atoms with Crippen molar-refractivity contribution < 1.29 is 9.90 Å². The van der Waals surface area contributed by atoms with Gasteiger partial charge in [0.1, 0.15) is 11.6 Å². The molecule has 0 fully saturated rings. The van der Waals surface area contributed by atoms with E-state index in [0.29, 0.717) is 11.6 Å². The fourth-order valence-corrected chi connectivity index (χ4v) is 3.18. The Morgan fingerprint density at radius 2 is 2.08 bits per heavy atom. The second-order valence-corrected chi connectivity index (χ2v) is 6.51. The van der Waals surface area contributed by atoms with Crippen LogP contribution in [0.2, 0.25) is 5.02 Å². The van der Waals surface area contributed by atoms with Crippen molar-refractivity contribution >= 4 is 17.5 Å². The largest absolute Gasteiger partial charge is 0.508 e. The lowest BCUT2D eigenvalue weighted by atomic mass is 9.88. The average Bonchev–Trinajstić information content (AvgIpc) is 3.03. The highest BCUT2D eigenvalue weighted by molar-refractivity contribution is 6.31. The number of hydrogen-bond acceptors (Lipinski definition) is 3. The predicted octanol–water partition coefficient (Wildman–Crippen LogP) is 3.62. The number of amides is 1. The molecule has 0 radical (unpaired) electrons. The number of imidazole rings is 1. The van der Waals surface area contributed by atoms with Crippen LogP contribution >= 0.6 is 11.6 Å². The third kappa shape index (κ3) is 4.24. The van der Waals surface area contributed by atoms with Crippen LogP contribution in [-0.2, 0) is 18.4 Å². The number of rotatable bonds is 6. The molecule has 0 saturated carbocycles. The van der Waals surface area contributed by atoms with Crippen molar-refractivity contribution in [1.29, 1.82) is 0 Å². The SMILES string of the molecule is Cn1ccnc1CNC(=O)C[C@H](c1cccc(O)c1)c1ccccc1Cl. The van der Waals surface area contributed by atoms with Gasteiger partial charge in [0.2, 0.25) is 5.91 Å². The van der Waals surface area contributed by atoms with Gasteiger partial charge in [0.25, 0.3) is 0 Å². The number of halogens is 1. The summed E-state index contributed by atoms with van der Waals surface area (Å²) < 4.78 is 1.86. The zero-order chi connectivity index (χ0) is 18.5. The van der Waals surface area contributed by atoms with Gasteiger partial charge >= 0.3 is 0 Å². The van der Waals surface area contributed by atoms with Gasteiger partial charge < -0.3 is 15.0 Å². The Kier molecular flexibility index (Phi) is 5.58. The number of benzene rings is 2. The van der Waals surface area contributed by atoms with E-state index in [2.05, 4.69) is 10.3 Å². The van der Waals surface area contributed by atoms with E-state index in [4.69, 9.17) is 11.6 Å². The molecular formula is C20H20ClN3O2. The first kappa shape index (κ1) is 18.0. The lowest BCUT2D eigenvalue weighted by Crippen LogP contribution is -2.26. The molecule has 26 heavy (non-hydrogen) atoms. The Morgan fingerprint density at radius 1 is 1.27 bits per heavy atom. The molecule has 134 valence electrons. The fourth-order valence-electron chi connectivity index (χ4n) is 2.91. The standard InChI is InChI=1S/C20H20ClN3O2/c1-24-10-9-22-19(24)13-23-20(26)12-17(14-5-4-6-15(25)11-14)16-7-2-3-8-18(16)21/h2-11,17,25H,12-13H2,1H3,(H,23,26)/t17-/m1/s1. The lowest BCUT2D eigenvalue weighted by molar-refractivity contribution is -0.121. The van der Waals surface area contributed by atoms with E-state index in [1.807, 2.05) is 42.1 Å². The van der Waals surface area contributed by atoms with Gasteiger partial charge in [-0.3, -0.25) is 4.79 Å². The first-order chi connectivity index (χ1) is 12.5. The number of hydrogen-bond donors (Lipinski definition) is 2. The zero-order valence-electron chi connectivity index (χ0n) is 14.4. The van der Waals surface area contributed by atoms with Crippen LogP contribution in [0.15, 0.2) is 60.9 Å². The number of carbonyl (C=O) groups is 1. The van der Waals surface area contributed by atoms with Crippen molar-refractivity contribution in [3.8, 4) is 5.75 Å². The Hall–Kier alpha value is -2.79. The summed E-state index contributed by atoms with van der Waals surface area (Å²) in [5, 5.41) is 13.3. The topological polar surface area (TPSA) is 67.2 Å². The molecule has 0 bridgehead atoms. The number of aromatic hydroxyl groups is 1. The number of nitrogens with zero attached hydrogens (tertiary/aromatic N) is 2. The monoisotopic (exact) mass is 369 g/mol. The highest BCUT2D eigenvalue weighted by Gasteiger charge is 2.21. The Morgan fingerprint density at radius 3 is 2.77 bits per heavy atom. The summed E-state index contributed by atoms with van der Waals surface area (Å²) in [4.78, 5) is 16.8. The van der Waals surface area contributed by atoms with E-state index in [1.54, 1.807) is 30.5 Å². The molecule has 3 aromatic rings. The lowest BCUT2D eigenvalue weighted by Gasteiger charge is -2.19. The van der Waals surface area contributed by atoms with Crippen LogP contribution in [0.4, 0.5) is 0 Å². The Bertz CT molecular complexity index is 907. The Labute approximate surface area is 157 Å². The van der Waals surface area contributed by atoms with Crippen LogP contribution < -0.4 is 5.32 Å². The number of aryl methyl sites for hydroxylation is 1. The normalized spacial score (nSPS) is 11.9. The molecule has 5 nitrogen and oxygen atoms in total. The zero-order valence-corrected chi connectivity index (χ0v) is 15.1. The molecule has 0 spiro atoms. The second-order valence-electron chi connectivity index (χ2n) is 6.10. The minimum Gasteiger partial charge on any atom is -0.508 e. The number of aromatic nitrogens is 2. The van der Waals surface area contributed by atoms with Crippen LogP contribution in [0.1, 0.15) is 29.3 Å². The molecule has 2 N–H and O–H groups in total. The van der Waals surface area contributed by atoms with Gasteiger partial charge in [-0.2, -0.15) is 0 Å². The van der Waals surface area contributed by atoms with Crippen LogP contribution in [0.3, 0.4) is 0 Å². The first-order valence-corrected chi connectivity index (χ1v) is 8.68. The quantitative estimate of drug-likeness (QED) is 0.697. The van der Waals surface area contributed by atoms with Gasteiger partial charge in [-0.05, 0) is 29.3 Å². The summed E-state index contributed by atoms with van der Waals surface area (Å²) in [7, 11) is 1.88. The van der Waals surface area contributed by atoms with Crippen molar-refractivity contribution in [1.82, 2.24) is 14.9 Å². The van der Waals surface area contributed by atoms with E-state index in [-0.39, 0.29) is 24.0 Å². The van der Waals surface area contributed by atoms with Crippen molar-refractivity contribution in [2.75, 3.05) is 0 Å². The Balaban J connectivity index is 1.81. The van der Waals surface area contributed by atoms with Crippen LogP contribution in [0.25, 0.3) is 0 Å². The molecule has 0 unspecified atom stereocenters. The van der Waals surface area contributed by atoms with Crippen molar-refractivity contribution in [2.24, 2.45) is 7.05 Å². The third-order valence-electron chi connectivity index (χ3n) is 4.31. The maximum absolute atomic E-state index is 12.5. The summed E-state index contributed by atoms with van der Waals surface area (Å²) in [6.45, 7) is 0.359. The molecule has 1 atom stereocenters. The van der Waals surface area contributed by atoms with E-state index < -0.39 is 0 Å². The van der Waals surface area contributed by atoms with Gasteiger partial charge in [0.05, 0.1) is 6.54 Å². The molecular weight excluding hydrogens is 350 g/mol. The molecule has 0 aliphatic carbocycles. The first-order valence-electron chi connectivity index (χ1n) is 8.31. The minimum absolute atomic E-state index is 0.110. The number of phenolic OH excluding ortho intramolecular Hbond substituents is 1. The molecule has 0 saturated heterocycles. The summed E-state index contributed by atoms with van der Waals surface area (Å²) >= 11 is 6.36. The van der Waals surface area contributed by atoms with Crippen molar-refractivity contribution in [2.45, 2.75) is 18.9 Å². The fraction of sp³-hybridized carbons (Fsp3) is 0.200. The molecule has 6 heteroatoms. The molecule has 1 aromatic heterocycles. The van der Waals surface area contributed by atoms with Gasteiger partial charge in [0, 0.05) is 36.8 Å². The van der Waals surface area contributed by atoms with Gasteiger partial charge in [-0.1, -0.05) is 41.9 Å². The summed E-state index contributed by atoms with van der Waals surface area (Å²) in [6, 6.07) is 14.4. The van der Waals surface area contributed by atoms with E-state index in [0.717, 1.165) is 17.0 Å². The van der Waals surface area contributed by atoms with Crippen LogP contribution in [0, 0.1) is 0 Å². The molecule has 0 aliphatic heterocycles. The van der Waals surface area contributed by atoms with Crippen LogP contribution in [0.5, 0.6) is 5.75 Å². The van der Waals surface area contributed by atoms with E-state index >= 15 is 0 Å². The minimum atomic E-state index is -0.253. The van der Waals surface area contributed by atoms with E-state index in [9.17, 15) is 9.90 Å². The molecule has 3 rings (SSSR count). The maximum Gasteiger partial charge on any atom is 0.221 e. The molecule has 1 heterocycles. The predicted molar refractivity (Wildman–Crippen MR) is 101 cm³/mol. The second kappa shape index (κ2) is 8.06. The van der Waals surface area contributed by atoms with Gasteiger partial charge in [0.15, 0.2) is 0 Å². The smallest absolute Gasteiger partial charge is 0.221 e. The average molecular weight is 370 g/mol. The van der Waals surface area contributed by atoms with Gasteiger partial charge in [-0.15, -0.1) is 0 Å².